The van der Waals surface area contributed by atoms with E-state index in [1.165, 1.54) is 24.5 Å². The summed E-state index contributed by atoms with van der Waals surface area (Å²) >= 11 is 0. The molecule has 8 heteroatoms. The van der Waals surface area contributed by atoms with E-state index in [-0.39, 0.29) is 18.3 Å². The molecule has 30 heavy (non-hydrogen) atoms. The normalized spacial score (nSPS) is 13.2. The standard InChI is InChI=1S/C22H31FN4O2S/c1-16(2)21(27-20-8-6-5-7-9-20)14-26-22(24-3)25-13-18-12-19(23)11-10-17(18)15-30(4,28)29/h5-12,16,21,27H,13-15H2,1-4H3,(H2,24,25,26). The SMILES string of the molecule is CN=C(NCc1cc(F)ccc1CS(C)(=O)=O)NCC(Nc1ccccc1)C(C)C. The molecule has 3 N–H and O–H groups in total. The number of nitrogens with one attached hydrogen (secondary N) is 3. The molecule has 0 saturated carbocycles. The van der Waals surface area contributed by atoms with E-state index in [0.29, 0.717) is 29.5 Å². The van der Waals surface area contributed by atoms with Crippen molar-refractivity contribution in [2.45, 2.75) is 32.2 Å². The summed E-state index contributed by atoms with van der Waals surface area (Å²) in [6.07, 6.45) is 1.17. The number of rotatable bonds is 9. The van der Waals surface area contributed by atoms with Gasteiger partial charge in [-0.25, -0.2) is 12.8 Å². The van der Waals surface area contributed by atoms with Gasteiger partial charge in [0.25, 0.3) is 0 Å². The molecule has 2 rings (SSSR count). The average molecular weight is 435 g/mol. The zero-order valence-electron chi connectivity index (χ0n) is 17.9. The molecular weight excluding hydrogens is 403 g/mol. The summed E-state index contributed by atoms with van der Waals surface area (Å²) < 4.78 is 37.0. The van der Waals surface area contributed by atoms with Crippen LogP contribution in [-0.2, 0) is 22.1 Å². The van der Waals surface area contributed by atoms with Crippen molar-refractivity contribution in [3.63, 3.8) is 0 Å². The first-order valence-corrected chi connectivity index (χ1v) is 11.9. The number of aliphatic imine (C=N–C) groups is 1. The average Bonchev–Trinajstić information content (AvgIpc) is 2.68. The Kier molecular flexibility index (Phi) is 8.65. The highest BCUT2D eigenvalue weighted by Gasteiger charge is 2.15. The monoisotopic (exact) mass is 434 g/mol. The molecule has 0 saturated heterocycles. The fourth-order valence-electron chi connectivity index (χ4n) is 2.99. The summed E-state index contributed by atoms with van der Waals surface area (Å²) in [6, 6.07) is 14.3. The Morgan fingerprint density at radius 2 is 1.77 bits per heavy atom. The number of halogens is 1. The maximum absolute atomic E-state index is 13.7. The summed E-state index contributed by atoms with van der Waals surface area (Å²) in [5.74, 6) is 0.400. The molecule has 2 aromatic rings. The second-order valence-electron chi connectivity index (χ2n) is 7.65. The molecule has 0 radical (unpaired) electrons. The molecule has 0 spiro atoms. The van der Waals surface area contributed by atoms with Gasteiger partial charge in [-0.2, -0.15) is 0 Å². The van der Waals surface area contributed by atoms with Crippen molar-refractivity contribution in [1.82, 2.24) is 10.6 Å². The number of anilines is 1. The predicted octanol–water partition coefficient (Wildman–Crippen LogP) is 3.17. The quantitative estimate of drug-likeness (QED) is 0.417. The maximum Gasteiger partial charge on any atom is 0.191 e. The number of para-hydroxylation sites is 1. The van der Waals surface area contributed by atoms with Gasteiger partial charge < -0.3 is 16.0 Å². The number of hydrogen-bond acceptors (Lipinski definition) is 4. The minimum atomic E-state index is -3.22. The Labute approximate surface area is 178 Å². The van der Waals surface area contributed by atoms with Crippen LogP contribution in [0.15, 0.2) is 53.5 Å². The van der Waals surface area contributed by atoms with E-state index in [4.69, 9.17) is 0 Å². The molecule has 0 fully saturated rings. The first kappa shape index (κ1) is 23.7. The van der Waals surface area contributed by atoms with E-state index < -0.39 is 15.7 Å². The number of sulfone groups is 1. The van der Waals surface area contributed by atoms with Crippen LogP contribution in [0.2, 0.25) is 0 Å². The zero-order valence-corrected chi connectivity index (χ0v) is 18.8. The lowest BCUT2D eigenvalue weighted by molar-refractivity contribution is 0.512. The van der Waals surface area contributed by atoms with Crippen LogP contribution in [0.5, 0.6) is 0 Å². The Hall–Kier alpha value is -2.61. The van der Waals surface area contributed by atoms with Crippen molar-refractivity contribution < 1.29 is 12.8 Å². The summed E-state index contributed by atoms with van der Waals surface area (Å²) in [5, 5.41) is 9.95. The van der Waals surface area contributed by atoms with E-state index in [2.05, 4.69) is 34.8 Å². The van der Waals surface area contributed by atoms with Gasteiger partial charge in [0.15, 0.2) is 15.8 Å². The van der Waals surface area contributed by atoms with Crippen LogP contribution in [0.4, 0.5) is 10.1 Å². The highest BCUT2D eigenvalue weighted by molar-refractivity contribution is 7.89. The van der Waals surface area contributed by atoms with Crippen molar-refractivity contribution in [2.24, 2.45) is 10.9 Å². The topological polar surface area (TPSA) is 82.6 Å². The number of nitrogens with zero attached hydrogens (tertiary/aromatic N) is 1. The lowest BCUT2D eigenvalue weighted by atomic mass is 10.0. The Morgan fingerprint density at radius 3 is 2.37 bits per heavy atom. The van der Waals surface area contributed by atoms with Gasteiger partial charge in [0.1, 0.15) is 5.82 Å². The van der Waals surface area contributed by atoms with Crippen LogP contribution in [0.1, 0.15) is 25.0 Å². The van der Waals surface area contributed by atoms with Gasteiger partial charge in [-0.3, -0.25) is 4.99 Å². The molecule has 0 heterocycles. The van der Waals surface area contributed by atoms with Crippen LogP contribution >= 0.6 is 0 Å². The Bertz CT molecular complexity index is 947. The first-order chi connectivity index (χ1) is 14.2. The largest absolute Gasteiger partial charge is 0.380 e. The number of guanidine groups is 1. The Morgan fingerprint density at radius 1 is 1.07 bits per heavy atom. The molecule has 0 aliphatic heterocycles. The molecular formula is C22H31FN4O2S. The highest BCUT2D eigenvalue weighted by atomic mass is 32.2. The van der Waals surface area contributed by atoms with E-state index in [9.17, 15) is 12.8 Å². The van der Waals surface area contributed by atoms with Crippen molar-refractivity contribution in [3.05, 3.63) is 65.5 Å². The fraction of sp³-hybridized carbons (Fsp3) is 0.409. The molecule has 0 aromatic heterocycles. The molecule has 0 bridgehead atoms. The van der Waals surface area contributed by atoms with Gasteiger partial charge in [0.2, 0.25) is 0 Å². The van der Waals surface area contributed by atoms with Gasteiger partial charge in [0, 0.05) is 38.1 Å². The highest BCUT2D eigenvalue weighted by Crippen LogP contribution is 2.15. The molecule has 164 valence electrons. The molecule has 0 amide bonds. The van der Waals surface area contributed by atoms with Crippen LogP contribution in [-0.4, -0.2) is 40.3 Å². The lowest BCUT2D eigenvalue weighted by Gasteiger charge is -2.25. The molecule has 6 nitrogen and oxygen atoms in total. The van der Waals surface area contributed by atoms with E-state index in [1.54, 1.807) is 7.05 Å². The number of benzene rings is 2. The van der Waals surface area contributed by atoms with Gasteiger partial charge >= 0.3 is 0 Å². The summed E-state index contributed by atoms with van der Waals surface area (Å²) in [7, 11) is -1.56. The van der Waals surface area contributed by atoms with Gasteiger partial charge in [-0.05, 0) is 41.3 Å². The van der Waals surface area contributed by atoms with E-state index >= 15 is 0 Å². The van der Waals surface area contributed by atoms with Crippen LogP contribution in [0.3, 0.4) is 0 Å². The lowest BCUT2D eigenvalue weighted by Crippen LogP contribution is -2.44. The van der Waals surface area contributed by atoms with E-state index in [1.807, 2.05) is 30.3 Å². The molecule has 2 aromatic carbocycles. The third kappa shape index (κ3) is 8.02. The Balaban J connectivity index is 2.00. The zero-order chi connectivity index (χ0) is 22.1. The second-order valence-corrected chi connectivity index (χ2v) is 9.79. The summed E-state index contributed by atoms with van der Waals surface area (Å²) in [6.45, 7) is 5.18. The van der Waals surface area contributed by atoms with Gasteiger partial charge in [-0.15, -0.1) is 0 Å². The van der Waals surface area contributed by atoms with Gasteiger partial charge in [-0.1, -0.05) is 38.1 Å². The van der Waals surface area contributed by atoms with Crippen molar-refractivity contribution >= 4 is 21.5 Å². The predicted molar refractivity (Wildman–Crippen MR) is 122 cm³/mol. The van der Waals surface area contributed by atoms with Crippen molar-refractivity contribution in [2.75, 3.05) is 25.2 Å². The second kappa shape index (κ2) is 11.0. The third-order valence-electron chi connectivity index (χ3n) is 4.68. The smallest absolute Gasteiger partial charge is 0.191 e. The van der Waals surface area contributed by atoms with Crippen LogP contribution in [0, 0.1) is 11.7 Å². The molecule has 0 aliphatic carbocycles. The van der Waals surface area contributed by atoms with Gasteiger partial charge in [0.05, 0.1) is 5.75 Å². The minimum Gasteiger partial charge on any atom is -0.380 e. The molecule has 1 unspecified atom stereocenters. The first-order valence-electron chi connectivity index (χ1n) is 9.89. The van der Waals surface area contributed by atoms with Crippen molar-refractivity contribution in [1.29, 1.82) is 0 Å². The fourth-order valence-corrected chi connectivity index (χ4v) is 3.84. The summed E-state index contributed by atoms with van der Waals surface area (Å²) in [4.78, 5) is 4.22. The maximum atomic E-state index is 13.7. The molecule has 0 aliphatic rings. The van der Waals surface area contributed by atoms with Crippen LogP contribution in [0.25, 0.3) is 0 Å². The van der Waals surface area contributed by atoms with Crippen molar-refractivity contribution in [3.8, 4) is 0 Å². The molecule has 1 atom stereocenters. The number of hydrogen-bond donors (Lipinski definition) is 3. The van der Waals surface area contributed by atoms with Crippen LogP contribution < -0.4 is 16.0 Å². The third-order valence-corrected chi connectivity index (χ3v) is 5.51. The summed E-state index contributed by atoms with van der Waals surface area (Å²) in [5.41, 5.74) is 2.21. The minimum absolute atomic E-state index is 0.132. The van der Waals surface area contributed by atoms with E-state index in [0.717, 1.165) is 5.69 Å².